The number of carbonyl (C=O) groups excluding carboxylic acids is 1. The quantitative estimate of drug-likeness (QED) is 0.832. The van der Waals surface area contributed by atoms with Gasteiger partial charge in [-0.15, -0.1) is 11.3 Å². The van der Waals surface area contributed by atoms with Crippen LogP contribution in [-0.4, -0.2) is 59.8 Å². The van der Waals surface area contributed by atoms with Gasteiger partial charge in [-0.05, 0) is 31.9 Å². The molecule has 2 heterocycles. The molecule has 1 aromatic heterocycles. The largest absolute Gasteiger partial charge is 0.396 e. The number of aliphatic hydroxyl groups is 1. The van der Waals surface area contributed by atoms with Crippen LogP contribution < -0.4 is 5.32 Å². The summed E-state index contributed by atoms with van der Waals surface area (Å²) in [4.78, 5) is 17.6. The van der Waals surface area contributed by atoms with Crippen molar-refractivity contribution >= 4 is 29.0 Å². The molecule has 1 unspecified atom stereocenters. The van der Waals surface area contributed by atoms with Crippen LogP contribution in [-0.2, 0) is 6.54 Å². The first-order valence-corrected chi connectivity index (χ1v) is 8.91. The third kappa shape index (κ3) is 5.43. The van der Waals surface area contributed by atoms with Crippen molar-refractivity contribution in [2.45, 2.75) is 32.4 Å². The molecule has 2 amide bonds. The van der Waals surface area contributed by atoms with E-state index < -0.39 is 0 Å². The highest BCUT2D eigenvalue weighted by Gasteiger charge is 2.22. The van der Waals surface area contributed by atoms with Crippen LogP contribution in [0.1, 0.15) is 24.6 Å². The van der Waals surface area contributed by atoms with Gasteiger partial charge in [0.05, 0.1) is 4.34 Å². The van der Waals surface area contributed by atoms with Gasteiger partial charge in [0.25, 0.3) is 0 Å². The first-order valence-electron chi connectivity index (χ1n) is 7.71. The molecule has 7 heteroatoms. The maximum absolute atomic E-state index is 12.2. The smallest absolute Gasteiger partial charge is 0.317 e. The van der Waals surface area contributed by atoms with Gasteiger partial charge >= 0.3 is 6.03 Å². The minimum Gasteiger partial charge on any atom is -0.396 e. The number of thiophene rings is 1. The molecule has 0 bridgehead atoms. The summed E-state index contributed by atoms with van der Waals surface area (Å²) in [6.07, 6.45) is 1.53. The zero-order valence-corrected chi connectivity index (χ0v) is 14.5. The number of hydrogen-bond donors (Lipinski definition) is 2. The van der Waals surface area contributed by atoms with E-state index >= 15 is 0 Å². The molecule has 0 spiro atoms. The fourth-order valence-electron chi connectivity index (χ4n) is 2.54. The van der Waals surface area contributed by atoms with E-state index in [1.165, 1.54) is 4.88 Å². The lowest BCUT2D eigenvalue weighted by molar-refractivity contribution is 0.133. The van der Waals surface area contributed by atoms with Crippen LogP contribution in [0.2, 0.25) is 4.34 Å². The number of nitrogens with zero attached hydrogens (tertiary/aromatic N) is 2. The fourth-order valence-corrected chi connectivity index (χ4v) is 3.67. The third-order valence-electron chi connectivity index (χ3n) is 3.83. The highest BCUT2D eigenvalue weighted by Crippen LogP contribution is 2.23. The monoisotopic (exact) mass is 345 g/mol. The summed E-state index contributed by atoms with van der Waals surface area (Å²) in [6.45, 7) is 6.31. The first kappa shape index (κ1) is 17.5. The number of amides is 2. The maximum Gasteiger partial charge on any atom is 0.317 e. The second-order valence-electron chi connectivity index (χ2n) is 5.69. The van der Waals surface area contributed by atoms with Gasteiger partial charge in [0.15, 0.2) is 0 Å². The number of halogens is 1. The average molecular weight is 346 g/mol. The van der Waals surface area contributed by atoms with E-state index in [2.05, 4.69) is 16.3 Å². The Morgan fingerprint density at radius 3 is 2.73 bits per heavy atom. The average Bonchev–Trinajstić information content (AvgIpc) is 2.91. The van der Waals surface area contributed by atoms with E-state index in [0.29, 0.717) is 0 Å². The third-order valence-corrected chi connectivity index (χ3v) is 5.05. The van der Waals surface area contributed by atoms with Gasteiger partial charge < -0.3 is 15.3 Å². The van der Waals surface area contributed by atoms with Gasteiger partial charge in [0.1, 0.15) is 0 Å². The minimum atomic E-state index is 0.00394. The number of aliphatic hydroxyl groups excluding tert-OH is 1. The molecule has 1 atom stereocenters. The molecular formula is C15H24ClN3O2S. The van der Waals surface area contributed by atoms with Crippen LogP contribution in [0.15, 0.2) is 12.1 Å². The van der Waals surface area contributed by atoms with Gasteiger partial charge in [0, 0.05) is 50.2 Å². The molecule has 0 aliphatic carbocycles. The van der Waals surface area contributed by atoms with E-state index in [-0.39, 0.29) is 18.7 Å². The predicted molar refractivity (Wildman–Crippen MR) is 90.5 cm³/mol. The molecule has 0 saturated carbocycles. The van der Waals surface area contributed by atoms with Crippen molar-refractivity contribution in [3.8, 4) is 0 Å². The molecule has 22 heavy (non-hydrogen) atoms. The van der Waals surface area contributed by atoms with Gasteiger partial charge in [0.2, 0.25) is 0 Å². The Kier molecular flexibility index (Phi) is 6.95. The summed E-state index contributed by atoms with van der Waals surface area (Å²) in [7, 11) is 0. The molecule has 2 rings (SSSR count). The highest BCUT2D eigenvalue weighted by molar-refractivity contribution is 7.16. The Morgan fingerprint density at radius 1 is 1.41 bits per heavy atom. The van der Waals surface area contributed by atoms with Crippen molar-refractivity contribution in [1.29, 1.82) is 0 Å². The Morgan fingerprint density at radius 2 is 2.14 bits per heavy atom. The van der Waals surface area contributed by atoms with E-state index in [1.807, 2.05) is 17.9 Å². The number of rotatable bonds is 6. The van der Waals surface area contributed by atoms with Gasteiger partial charge in [-0.3, -0.25) is 4.90 Å². The van der Waals surface area contributed by atoms with E-state index in [4.69, 9.17) is 16.7 Å². The zero-order valence-electron chi connectivity index (χ0n) is 12.9. The van der Waals surface area contributed by atoms with Crippen molar-refractivity contribution in [1.82, 2.24) is 15.1 Å². The van der Waals surface area contributed by atoms with Crippen LogP contribution >= 0.6 is 22.9 Å². The lowest BCUT2D eigenvalue weighted by Crippen LogP contribution is -2.52. The second-order valence-corrected chi connectivity index (χ2v) is 7.49. The Hall–Kier alpha value is -0.820. The summed E-state index contributed by atoms with van der Waals surface area (Å²) >= 11 is 7.57. The minimum absolute atomic E-state index is 0.00394. The molecule has 1 aliphatic heterocycles. The molecule has 0 aromatic carbocycles. The molecule has 0 radical (unpaired) electrons. The lowest BCUT2D eigenvalue weighted by Gasteiger charge is -2.35. The van der Waals surface area contributed by atoms with Crippen molar-refractivity contribution in [2.24, 2.45) is 0 Å². The summed E-state index contributed by atoms with van der Waals surface area (Å²) in [5.41, 5.74) is 0. The molecule has 2 N–H and O–H groups in total. The van der Waals surface area contributed by atoms with Gasteiger partial charge in [-0.1, -0.05) is 11.6 Å². The van der Waals surface area contributed by atoms with Crippen molar-refractivity contribution in [2.75, 3.05) is 32.8 Å². The SMILES string of the molecule is CC(CCCO)NC(=O)N1CCN(Cc2ccc(Cl)s2)CC1. The summed E-state index contributed by atoms with van der Waals surface area (Å²) < 4.78 is 0.824. The number of nitrogens with one attached hydrogen (secondary N) is 1. The van der Waals surface area contributed by atoms with Gasteiger partial charge in [-0.2, -0.15) is 0 Å². The lowest BCUT2D eigenvalue weighted by atomic mass is 10.2. The standard InChI is InChI=1S/C15H24ClN3O2S/c1-12(3-2-10-20)17-15(21)19-8-6-18(7-9-19)11-13-4-5-14(16)22-13/h4-5,12,20H,2-3,6-11H2,1H3,(H,17,21). The maximum atomic E-state index is 12.2. The molecule has 1 aromatic rings. The molecule has 5 nitrogen and oxygen atoms in total. The number of urea groups is 1. The van der Waals surface area contributed by atoms with E-state index in [1.54, 1.807) is 11.3 Å². The van der Waals surface area contributed by atoms with E-state index in [9.17, 15) is 4.79 Å². The van der Waals surface area contributed by atoms with Crippen LogP contribution in [0.5, 0.6) is 0 Å². The molecule has 1 fully saturated rings. The van der Waals surface area contributed by atoms with Crippen LogP contribution in [0, 0.1) is 0 Å². The van der Waals surface area contributed by atoms with Crippen LogP contribution in [0.3, 0.4) is 0 Å². The second kappa shape index (κ2) is 8.72. The molecule has 1 aliphatic rings. The summed E-state index contributed by atoms with van der Waals surface area (Å²) in [5.74, 6) is 0. The van der Waals surface area contributed by atoms with Gasteiger partial charge in [-0.25, -0.2) is 4.79 Å². The Balaban J connectivity index is 1.71. The zero-order chi connectivity index (χ0) is 15.9. The highest BCUT2D eigenvalue weighted by atomic mass is 35.5. The van der Waals surface area contributed by atoms with Crippen molar-refractivity contribution in [3.63, 3.8) is 0 Å². The van der Waals surface area contributed by atoms with Crippen molar-refractivity contribution < 1.29 is 9.90 Å². The molecular weight excluding hydrogens is 322 g/mol. The van der Waals surface area contributed by atoms with Crippen LogP contribution in [0.4, 0.5) is 4.79 Å². The number of hydrogen-bond acceptors (Lipinski definition) is 4. The fraction of sp³-hybridized carbons (Fsp3) is 0.667. The van der Waals surface area contributed by atoms with E-state index in [0.717, 1.165) is 49.9 Å². The number of carbonyl (C=O) groups is 1. The Labute approximate surface area is 140 Å². The summed E-state index contributed by atoms with van der Waals surface area (Å²) in [5, 5.41) is 11.8. The Bertz CT molecular complexity index is 475. The first-order chi connectivity index (χ1) is 10.6. The van der Waals surface area contributed by atoms with Crippen LogP contribution in [0.25, 0.3) is 0 Å². The van der Waals surface area contributed by atoms with Crippen molar-refractivity contribution in [3.05, 3.63) is 21.3 Å². The topological polar surface area (TPSA) is 55.8 Å². The predicted octanol–water partition coefficient (Wildman–Crippen LogP) is 2.39. The number of piperazine rings is 1. The molecule has 124 valence electrons. The normalized spacial score (nSPS) is 17.5. The summed E-state index contributed by atoms with van der Waals surface area (Å²) in [6, 6.07) is 4.10. The molecule has 1 saturated heterocycles.